The Hall–Kier alpha value is -4.61. The van der Waals surface area contributed by atoms with E-state index in [1.54, 1.807) is 0 Å². The smallest absolute Gasteiger partial charge is 0.658 e. The molecule has 0 aliphatic heterocycles. The van der Waals surface area contributed by atoms with Gasteiger partial charge in [-0.05, 0) is 43.1 Å². The molecule has 0 spiro atoms. The van der Waals surface area contributed by atoms with Crippen LogP contribution < -0.4 is 19.9 Å². The van der Waals surface area contributed by atoms with Crippen molar-refractivity contribution in [1.29, 1.82) is 0 Å². The van der Waals surface area contributed by atoms with E-state index in [0.717, 1.165) is 44.1 Å². The van der Waals surface area contributed by atoms with Gasteiger partial charge in [0.05, 0.1) is 0 Å². The van der Waals surface area contributed by atoms with E-state index in [-0.39, 0.29) is 25.8 Å². The van der Waals surface area contributed by atoms with E-state index in [4.69, 9.17) is 19.9 Å². The first-order valence-corrected chi connectivity index (χ1v) is 13.4. The molecule has 41 heavy (non-hydrogen) atoms. The van der Waals surface area contributed by atoms with Crippen molar-refractivity contribution in [2.45, 2.75) is 0 Å². The SMILES string of the molecule is [Hf+4].c1ccc2c(c1)[n-]c1c2ccc2c3ccccc3[n-]c21.c1ccc2c(c1)[n-]c1c2ccc2c3ccccc3[n-]c21. The summed E-state index contributed by atoms with van der Waals surface area (Å²) in [5, 5.41) is 9.58. The average Bonchev–Trinajstić information content (AvgIpc) is 3.76. The predicted molar refractivity (Wildman–Crippen MR) is 166 cm³/mol. The van der Waals surface area contributed by atoms with Gasteiger partial charge in [0.2, 0.25) is 0 Å². The third-order valence-corrected chi connectivity index (χ3v) is 8.01. The first-order chi connectivity index (χ1) is 19.8. The van der Waals surface area contributed by atoms with Crippen LogP contribution in [-0.2, 0) is 25.8 Å². The maximum atomic E-state index is 4.78. The first-order valence-electron chi connectivity index (χ1n) is 13.4. The van der Waals surface area contributed by atoms with Crippen molar-refractivity contribution < 1.29 is 25.8 Å². The fourth-order valence-electron chi connectivity index (χ4n) is 6.16. The molecule has 0 unspecified atom stereocenters. The van der Waals surface area contributed by atoms with Gasteiger partial charge in [0, 0.05) is 0 Å². The molecule has 10 aromatic rings. The molecule has 0 aliphatic carbocycles. The van der Waals surface area contributed by atoms with E-state index >= 15 is 0 Å². The Labute approximate surface area is 253 Å². The maximum absolute atomic E-state index is 4.78. The molecular weight excluding hydrogens is 667 g/mol. The van der Waals surface area contributed by atoms with Gasteiger partial charge < -0.3 is 19.9 Å². The molecule has 0 amide bonds. The summed E-state index contributed by atoms with van der Waals surface area (Å²) in [5.74, 6) is 0. The van der Waals surface area contributed by atoms with Crippen LogP contribution in [0.2, 0.25) is 0 Å². The van der Waals surface area contributed by atoms with Gasteiger partial charge in [0.25, 0.3) is 0 Å². The van der Waals surface area contributed by atoms with E-state index in [1.807, 2.05) is 24.3 Å². The van der Waals surface area contributed by atoms with E-state index in [9.17, 15) is 0 Å². The van der Waals surface area contributed by atoms with Gasteiger partial charge in [0.15, 0.2) is 0 Å². The first kappa shape index (κ1) is 24.2. The van der Waals surface area contributed by atoms with Gasteiger partial charge in [-0.25, -0.2) is 0 Å². The number of nitrogens with zero attached hydrogens (tertiary/aromatic N) is 4. The van der Waals surface area contributed by atoms with Gasteiger partial charge >= 0.3 is 25.8 Å². The summed E-state index contributed by atoms with van der Waals surface area (Å²) < 4.78 is 0. The van der Waals surface area contributed by atoms with Crippen molar-refractivity contribution in [3.8, 4) is 0 Å². The molecule has 0 N–H and O–H groups in total. The number of hydrogen-bond acceptors (Lipinski definition) is 0. The predicted octanol–water partition coefficient (Wildman–Crippen LogP) is 8.43. The number of fused-ring (bicyclic) bond motifs is 14. The van der Waals surface area contributed by atoms with Crippen LogP contribution >= 0.6 is 0 Å². The molecule has 0 radical (unpaired) electrons. The number of aromatic nitrogens is 4. The molecule has 188 valence electrons. The number of rotatable bonds is 0. The molecule has 4 aromatic heterocycles. The van der Waals surface area contributed by atoms with Crippen molar-refractivity contribution in [3.63, 3.8) is 0 Å². The Morgan fingerprint density at radius 1 is 0.244 bits per heavy atom. The number of para-hydroxylation sites is 4. The quantitative estimate of drug-likeness (QED) is 0.150. The van der Waals surface area contributed by atoms with Crippen molar-refractivity contribution >= 4 is 87.2 Å². The molecule has 5 heteroatoms. The Morgan fingerprint density at radius 2 is 0.463 bits per heavy atom. The molecule has 0 saturated carbocycles. The summed E-state index contributed by atoms with van der Waals surface area (Å²) in [6.07, 6.45) is 0. The van der Waals surface area contributed by atoms with Crippen LogP contribution in [0.5, 0.6) is 0 Å². The molecule has 6 aromatic carbocycles. The zero-order chi connectivity index (χ0) is 26.2. The minimum Gasteiger partial charge on any atom is -0.658 e. The van der Waals surface area contributed by atoms with Crippen LogP contribution in [-0.4, -0.2) is 0 Å². The molecular formula is C36H20HfN4. The third kappa shape index (κ3) is 3.55. The van der Waals surface area contributed by atoms with Crippen molar-refractivity contribution in [2.75, 3.05) is 0 Å². The minimum absolute atomic E-state index is 0. The monoisotopic (exact) mass is 688 g/mol. The summed E-state index contributed by atoms with van der Waals surface area (Å²) in [5.41, 5.74) is 8.23. The molecule has 0 saturated heterocycles. The van der Waals surface area contributed by atoms with Gasteiger partial charge in [-0.3, -0.25) is 0 Å². The van der Waals surface area contributed by atoms with Crippen LogP contribution in [0.3, 0.4) is 0 Å². The van der Waals surface area contributed by atoms with Crippen molar-refractivity contribution in [1.82, 2.24) is 19.9 Å². The van der Waals surface area contributed by atoms with Gasteiger partial charge in [-0.15, -0.1) is 44.1 Å². The summed E-state index contributed by atoms with van der Waals surface area (Å²) in [7, 11) is 0. The summed E-state index contributed by atoms with van der Waals surface area (Å²) in [4.78, 5) is 19.1. The van der Waals surface area contributed by atoms with E-state index in [0.29, 0.717) is 0 Å². The molecule has 4 heterocycles. The van der Waals surface area contributed by atoms with Crippen LogP contribution in [0.4, 0.5) is 0 Å². The minimum atomic E-state index is 0. The Balaban J connectivity index is 0.000000122. The van der Waals surface area contributed by atoms with Crippen molar-refractivity contribution in [2.24, 2.45) is 0 Å². The fourth-order valence-corrected chi connectivity index (χ4v) is 6.16. The van der Waals surface area contributed by atoms with Crippen LogP contribution in [0, 0.1) is 0 Å². The largest absolute Gasteiger partial charge is 4.00 e. The molecule has 10 rings (SSSR count). The van der Waals surface area contributed by atoms with Crippen molar-refractivity contribution in [3.05, 3.63) is 121 Å². The van der Waals surface area contributed by atoms with Crippen LogP contribution in [0.15, 0.2) is 121 Å². The average molecular weight is 687 g/mol. The second-order valence-electron chi connectivity index (χ2n) is 10.2. The summed E-state index contributed by atoms with van der Waals surface area (Å²) >= 11 is 0. The summed E-state index contributed by atoms with van der Waals surface area (Å²) in [6, 6.07) is 41.8. The van der Waals surface area contributed by atoms with Gasteiger partial charge in [-0.1, -0.05) is 121 Å². The zero-order valence-electron chi connectivity index (χ0n) is 21.8. The third-order valence-electron chi connectivity index (χ3n) is 8.01. The van der Waals surface area contributed by atoms with E-state index < -0.39 is 0 Å². The summed E-state index contributed by atoms with van der Waals surface area (Å²) in [6.45, 7) is 0. The molecule has 0 fully saturated rings. The van der Waals surface area contributed by atoms with Crippen LogP contribution in [0.1, 0.15) is 0 Å². The maximum Gasteiger partial charge on any atom is 4.00 e. The molecule has 0 bridgehead atoms. The van der Waals surface area contributed by atoms with Gasteiger partial charge in [0.1, 0.15) is 0 Å². The number of benzene rings is 6. The molecule has 4 nitrogen and oxygen atoms in total. The topological polar surface area (TPSA) is 56.4 Å². The Morgan fingerprint density at radius 3 is 0.707 bits per heavy atom. The van der Waals surface area contributed by atoms with E-state index in [1.165, 1.54) is 43.1 Å². The van der Waals surface area contributed by atoms with E-state index in [2.05, 4.69) is 97.1 Å². The standard InChI is InChI=1S/2C18H10N2.Hf/c2*1-3-7-15-11(5-1)13-9-10-14-12-6-2-4-8-16(12)20-18(14)17(13)19-15;/h2*1-10H;/q2*-2;+4. The normalized spacial score (nSPS) is 11.7. The zero-order valence-corrected chi connectivity index (χ0v) is 25.4. The fraction of sp³-hybridized carbons (Fsp3) is 0. The second-order valence-corrected chi connectivity index (χ2v) is 10.2. The molecule has 0 aliphatic rings. The Kier molecular flexibility index (Phi) is 5.44. The Bertz CT molecular complexity index is 2200. The molecule has 0 atom stereocenters. The van der Waals surface area contributed by atoms with Crippen LogP contribution in [0.25, 0.3) is 87.2 Å². The second kappa shape index (κ2) is 9.22. The number of hydrogen-bond donors (Lipinski definition) is 0. The van der Waals surface area contributed by atoms with Gasteiger partial charge in [-0.2, -0.15) is 0 Å².